The number of aromatic hydroxyl groups is 1. The number of rotatable bonds is 2. The number of phenolic OH excluding ortho intramolecular Hbond substituents is 1. The molecule has 0 fully saturated rings. The second kappa shape index (κ2) is 5.00. The monoisotopic (exact) mass is 306 g/mol. The highest BCUT2D eigenvalue weighted by Gasteiger charge is 2.16. The van der Waals surface area contributed by atoms with Gasteiger partial charge in [0.1, 0.15) is 11.6 Å². The Morgan fingerprint density at radius 3 is 2.70 bits per heavy atom. The number of hydrogen-bond donors (Lipinski definition) is 1. The smallest absolute Gasteiger partial charge is 0.142 e. The third-order valence-corrected chi connectivity index (χ3v) is 3.86. The van der Waals surface area contributed by atoms with Gasteiger partial charge in [0.05, 0.1) is 21.1 Å². The fourth-order valence-electron chi connectivity index (χ4n) is 2.34. The van der Waals surface area contributed by atoms with Crippen LogP contribution in [0.5, 0.6) is 5.75 Å². The van der Waals surface area contributed by atoms with Crippen LogP contribution in [0.15, 0.2) is 36.4 Å². The first kappa shape index (κ1) is 13.3. The lowest BCUT2D eigenvalue weighted by molar-refractivity contribution is 0.475. The lowest BCUT2D eigenvalue weighted by atomic mass is 10.2. The fraction of sp³-hybridized carbons (Fsp3) is 0.133. The minimum Gasteiger partial charge on any atom is -0.508 e. The number of aryl methyl sites for hydroxylation is 1. The molecule has 1 aromatic heterocycles. The molecule has 0 saturated carbocycles. The molecule has 102 valence electrons. The van der Waals surface area contributed by atoms with Gasteiger partial charge >= 0.3 is 0 Å². The van der Waals surface area contributed by atoms with Crippen molar-refractivity contribution >= 4 is 34.2 Å². The van der Waals surface area contributed by atoms with Gasteiger partial charge in [0, 0.05) is 12.1 Å². The van der Waals surface area contributed by atoms with Crippen LogP contribution in [0.4, 0.5) is 0 Å². The Balaban J connectivity index is 2.36. The molecule has 0 aliphatic rings. The van der Waals surface area contributed by atoms with Crippen LogP contribution < -0.4 is 0 Å². The van der Waals surface area contributed by atoms with E-state index in [0.29, 0.717) is 28.0 Å². The van der Waals surface area contributed by atoms with E-state index in [4.69, 9.17) is 23.2 Å². The zero-order chi connectivity index (χ0) is 14.3. The van der Waals surface area contributed by atoms with E-state index in [-0.39, 0.29) is 5.75 Å². The van der Waals surface area contributed by atoms with Crippen LogP contribution in [-0.2, 0) is 6.54 Å². The van der Waals surface area contributed by atoms with E-state index in [1.165, 1.54) is 0 Å². The van der Waals surface area contributed by atoms with Crippen molar-refractivity contribution in [2.45, 2.75) is 13.5 Å². The fourth-order valence-corrected chi connectivity index (χ4v) is 2.81. The number of aromatic nitrogens is 2. The van der Waals surface area contributed by atoms with Gasteiger partial charge in [0.15, 0.2) is 0 Å². The number of nitrogens with zero attached hydrogens (tertiary/aromatic N) is 2. The van der Waals surface area contributed by atoms with Crippen molar-refractivity contribution in [2.75, 3.05) is 0 Å². The number of benzene rings is 2. The lowest BCUT2D eigenvalue weighted by Gasteiger charge is -2.08. The van der Waals surface area contributed by atoms with Gasteiger partial charge in [0.25, 0.3) is 0 Å². The van der Waals surface area contributed by atoms with Crippen molar-refractivity contribution in [3.05, 3.63) is 46.4 Å². The third kappa shape index (κ3) is 2.03. The molecule has 0 spiro atoms. The maximum absolute atomic E-state index is 9.67. The second-order valence-electron chi connectivity index (χ2n) is 4.45. The first-order valence-corrected chi connectivity index (χ1v) is 7.01. The second-order valence-corrected chi connectivity index (χ2v) is 5.27. The summed E-state index contributed by atoms with van der Waals surface area (Å²) in [4.78, 5) is 4.60. The molecule has 20 heavy (non-hydrogen) atoms. The summed E-state index contributed by atoms with van der Waals surface area (Å²) >= 11 is 12.5. The van der Waals surface area contributed by atoms with E-state index in [2.05, 4.69) is 4.98 Å². The van der Waals surface area contributed by atoms with Crippen LogP contribution in [0.2, 0.25) is 10.0 Å². The summed E-state index contributed by atoms with van der Waals surface area (Å²) in [6.45, 7) is 2.73. The van der Waals surface area contributed by atoms with Crippen molar-refractivity contribution in [3.63, 3.8) is 0 Å². The maximum Gasteiger partial charge on any atom is 0.142 e. The largest absolute Gasteiger partial charge is 0.508 e. The number of hydrogen-bond acceptors (Lipinski definition) is 2. The topological polar surface area (TPSA) is 38.0 Å². The van der Waals surface area contributed by atoms with Crippen molar-refractivity contribution in [1.29, 1.82) is 0 Å². The Morgan fingerprint density at radius 1 is 1.15 bits per heavy atom. The molecule has 3 nitrogen and oxygen atoms in total. The average molecular weight is 307 g/mol. The maximum atomic E-state index is 9.67. The Labute approximate surface area is 126 Å². The molecule has 0 unspecified atom stereocenters. The molecule has 0 saturated heterocycles. The molecule has 0 bridgehead atoms. The van der Waals surface area contributed by atoms with Crippen molar-refractivity contribution in [3.8, 4) is 17.1 Å². The van der Waals surface area contributed by atoms with Crippen molar-refractivity contribution < 1.29 is 5.11 Å². The molecule has 0 atom stereocenters. The quantitative estimate of drug-likeness (QED) is 0.743. The standard InChI is InChI=1S/C15H12Cl2N2O/c1-2-19-14-12(17)4-3-5-13(14)18-15(19)10-8-9(20)6-7-11(10)16/h3-8,20H,2H2,1H3. The molecule has 3 rings (SSSR count). The summed E-state index contributed by atoms with van der Waals surface area (Å²) in [5.74, 6) is 0.863. The van der Waals surface area contributed by atoms with Crippen LogP contribution in [0, 0.1) is 0 Å². The Hall–Kier alpha value is -1.71. The number of fused-ring (bicyclic) bond motifs is 1. The summed E-state index contributed by atoms with van der Waals surface area (Å²) in [5.41, 5.74) is 2.39. The van der Waals surface area contributed by atoms with Gasteiger partial charge in [-0.25, -0.2) is 4.98 Å². The summed E-state index contributed by atoms with van der Waals surface area (Å²) in [7, 11) is 0. The van der Waals surface area contributed by atoms with Crippen molar-refractivity contribution in [1.82, 2.24) is 9.55 Å². The van der Waals surface area contributed by atoms with Gasteiger partial charge in [0.2, 0.25) is 0 Å². The molecule has 2 aromatic carbocycles. The first-order chi connectivity index (χ1) is 9.61. The van der Waals surface area contributed by atoms with Gasteiger partial charge < -0.3 is 9.67 Å². The van der Waals surface area contributed by atoms with E-state index in [1.807, 2.05) is 29.7 Å². The molecule has 1 heterocycles. The molecule has 0 aliphatic carbocycles. The van der Waals surface area contributed by atoms with Gasteiger partial charge in [-0.05, 0) is 37.3 Å². The van der Waals surface area contributed by atoms with E-state index >= 15 is 0 Å². The first-order valence-electron chi connectivity index (χ1n) is 6.25. The normalized spacial score (nSPS) is 11.2. The lowest BCUT2D eigenvalue weighted by Crippen LogP contribution is -1.98. The zero-order valence-electron chi connectivity index (χ0n) is 10.8. The summed E-state index contributed by atoms with van der Waals surface area (Å²) in [6, 6.07) is 10.4. The number of phenols is 1. The zero-order valence-corrected chi connectivity index (χ0v) is 12.3. The van der Waals surface area contributed by atoms with Gasteiger partial charge in [-0.15, -0.1) is 0 Å². The molecule has 1 N–H and O–H groups in total. The van der Waals surface area contributed by atoms with Crippen LogP contribution in [0.25, 0.3) is 22.4 Å². The molecule has 0 aliphatic heterocycles. The van der Waals surface area contributed by atoms with E-state index in [0.717, 1.165) is 11.0 Å². The van der Waals surface area contributed by atoms with E-state index in [1.54, 1.807) is 18.2 Å². The van der Waals surface area contributed by atoms with Crippen LogP contribution in [0.3, 0.4) is 0 Å². The van der Waals surface area contributed by atoms with Gasteiger partial charge in [-0.2, -0.15) is 0 Å². The molecular formula is C15H12Cl2N2O. The summed E-state index contributed by atoms with van der Waals surface area (Å²) in [6.07, 6.45) is 0. The van der Waals surface area contributed by atoms with Gasteiger partial charge in [-0.1, -0.05) is 29.3 Å². The summed E-state index contributed by atoms with van der Waals surface area (Å²) in [5, 5.41) is 10.9. The predicted molar refractivity (Wildman–Crippen MR) is 82.5 cm³/mol. The van der Waals surface area contributed by atoms with E-state index in [9.17, 15) is 5.11 Å². The van der Waals surface area contributed by atoms with E-state index < -0.39 is 0 Å². The number of para-hydroxylation sites is 1. The Morgan fingerprint density at radius 2 is 1.95 bits per heavy atom. The van der Waals surface area contributed by atoms with Gasteiger partial charge in [-0.3, -0.25) is 0 Å². The molecule has 0 radical (unpaired) electrons. The molecule has 3 aromatic rings. The highest BCUT2D eigenvalue weighted by molar-refractivity contribution is 6.35. The average Bonchev–Trinajstić information content (AvgIpc) is 2.81. The minimum absolute atomic E-state index is 0.158. The summed E-state index contributed by atoms with van der Waals surface area (Å²) < 4.78 is 2.00. The number of imidazole rings is 1. The molecule has 0 amide bonds. The SMILES string of the molecule is CCn1c(-c2cc(O)ccc2Cl)nc2cccc(Cl)c21. The predicted octanol–water partition coefficient (Wildman–Crippen LogP) is 4.74. The third-order valence-electron chi connectivity index (χ3n) is 3.22. The number of halogens is 2. The molecule has 5 heteroatoms. The van der Waals surface area contributed by atoms with Crippen LogP contribution >= 0.6 is 23.2 Å². The minimum atomic E-state index is 0.158. The Kier molecular flexibility index (Phi) is 3.32. The van der Waals surface area contributed by atoms with Crippen LogP contribution in [-0.4, -0.2) is 14.7 Å². The highest BCUT2D eigenvalue weighted by Crippen LogP contribution is 2.34. The van der Waals surface area contributed by atoms with Crippen molar-refractivity contribution in [2.24, 2.45) is 0 Å². The highest BCUT2D eigenvalue weighted by atomic mass is 35.5. The Bertz CT molecular complexity index is 796. The van der Waals surface area contributed by atoms with Crippen LogP contribution in [0.1, 0.15) is 6.92 Å². The molecular weight excluding hydrogens is 295 g/mol.